The number of rotatable bonds is 45. The molecule has 0 bridgehead atoms. The molecule has 0 spiro atoms. The van der Waals surface area contributed by atoms with Crippen molar-refractivity contribution in [1.29, 1.82) is 0 Å². The molecule has 0 aliphatic carbocycles. The quantitative estimate of drug-likeness (QED) is 0.0448. The molecule has 4 amide bonds. The zero-order chi connectivity index (χ0) is 59.8. The van der Waals surface area contributed by atoms with Gasteiger partial charge < -0.3 is 86.9 Å². The second kappa shape index (κ2) is 55.4. The summed E-state index contributed by atoms with van der Waals surface area (Å²) in [6.45, 7) is 22.8. The predicted molar refractivity (Wildman–Crippen MR) is 284 cm³/mol. The topological polar surface area (TPSA) is 323 Å². The molecule has 0 aromatic rings. The van der Waals surface area contributed by atoms with E-state index in [0.29, 0.717) is 156 Å². The number of carboxylic acids is 1. The molecule has 1 heterocycles. The lowest BCUT2D eigenvalue weighted by Gasteiger charge is -2.19. The van der Waals surface area contributed by atoms with Crippen LogP contribution in [0, 0.1) is 0 Å². The molecule has 1 aliphatic heterocycles. The summed E-state index contributed by atoms with van der Waals surface area (Å²) in [6.07, 6.45) is 2.32. The van der Waals surface area contributed by atoms with Gasteiger partial charge in [0.2, 0.25) is 11.8 Å². The first-order valence-corrected chi connectivity index (χ1v) is 26.5. The smallest absolute Gasteiger partial charge is 0.335 e. The Labute approximate surface area is 467 Å². The van der Waals surface area contributed by atoms with E-state index in [-0.39, 0.29) is 69.1 Å². The van der Waals surface area contributed by atoms with Crippen LogP contribution >= 0.6 is 0 Å². The fourth-order valence-corrected chi connectivity index (χ4v) is 5.09. The maximum atomic E-state index is 11.5. The van der Waals surface area contributed by atoms with Crippen molar-refractivity contribution in [3.05, 3.63) is 0 Å². The maximum absolute atomic E-state index is 11.5. The number of hydrogen-bond acceptors (Lipinski definition) is 23. The van der Waals surface area contributed by atoms with E-state index in [4.69, 9.17) is 71.4 Å². The van der Waals surface area contributed by atoms with Gasteiger partial charge in [-0.25, -0.2) is 4.79 Å². The van der Waals surface area contributed by atoms with Crippen molar-refractivity contribution >= 4 is 47.5 Å². The predicted octanol–water partition coefficient (Wildman–Crippen LogP) is 2.39. The standard InChI is InChI=1S/C17H33NO7.C13H25NO7.C12H24O4.C10H15NO6/c1-17(2,3)25-16(20)6-9-23-13-14-24-10-7-18-15(19)5-8-22-12-11-21-4;1-18-8-9-19-5-2-12(15)14-4-7-21-11-10-20-6-3-13(16)17;1-5-7-14-9-10-15-8-6-11(13)16-12(2,3)4;1-15-6-7-16-5-4-10(14)17-11-8(12)2-3-9(11)13/h5-14H2,1-4H3,(H,18,19);2-11H2,1H3,(H,14,15)(H,16,17);5-10H2,1-4H3;2-7H2,1H3. The molecule has 464 valence electrons. The van der Waals surface area contributed by atoms with Gasteiger partial charge in [-0.2, -0.15) is 0 Å². The Kier molecular flexibility index (Phi) is 55.2. The molecular formula is C52H97N3O24. The molecule has 27 nitrogen and oxygen atoms in total. The molecular weight excluding hydrogens is 1050 g/mol. The van der Waals surface area contributed by atoms with Crippen molar-refractivity contribution in [3.63, 3.8) is 0 Å². The molecule has 27 heteroatoms. The number of carbonyl (C=O) groups excluding carboxylic acids is 7. The van der Waals surface area contributed by atoms with Crippen molar-refractivity contribution in [2.45, 2.75) is 117 Å². The summed E-state index contributed by atoms with van der Waals surface area (Å²) in [5, 5.41) is 14.3. The van der Waals surface area contributed by atoms with Gasteiger partial charge in [-0.15, -0.1) is 5.06 Å². The van der Waals surface area contributed by atoms with Gasteiger partial charge >= 0.3 is 23.9 Å². The fourth-order valence-electron chi connectivity index (χ4n) is 5.09. The molecule has 0 aromatic carbocycles. The number of nitrogens with zero attached hydrogens (tertiary/aromatic N) is 1. The number of aliphatic carboxylic acids is 1. The van der Waals surface area contributed by atoms with Gasteiger partial charge in [0.15, 0.2) is 0 Å². The van der Waals surface area contributed by atoms with E-state index in [2.05, 4.69) is 22.4 Å². The number of hydroxylamine groups is 2. The molecule has 0 saturated carbocycles. The van der Waals surface area contributed by atoms with Crippen LogP contribution in [0.5, 0.6) is 0 Å². The largest absolute Gasteiger partial charge is 0.481 e. The van der Waals surface area contributed by atoms with E-state index >= 15 is 0 Å². The van der Waals surface area contributed by atoms with Gasteiger partial charge in [-0.05, 0) is 48.0 Å². The normalized spacial score (nSPS) is 12.1. The van der Waals surface area contributed by atoms with E-state index in [1.54, 1.807) is 21.3 Å². The van der Waals surface area contributed by atoms with Gasteiger partial charge in [0.05, 0.1) is 158 Å². The molecule has 1 aliphatic rings. The monoisotopic (exact) mass is 1150 g/mol. The van der Waals surface area contributed by atoms with E-state index in [9.17, 15) is 38.4 Å². The van der Waals surface area contributed by atoms with Crippen molar-refractivity contribution in [2.75, 3.05) is 173 Å². The van der Waals surface area contributed by atoms with Crippen molar-refractivity contribution < 1.29 is 115 Å². The third-order valence-electron chi connectivity index (χ3n) is 8.69. The summed E-state index contributed by atoms with van der Waals surface area (Å²) in [6, 6.07) is 0. The van der Waals surface area contributed by atoms with Gasteiger partial charge in [-0.3, -0.25) is 33.6 Å². The van der Waals surface area contributed by atoms with Crippen molar-refractivity contribution in [2.24, 2.45) is 0 Å². The second-order valence-electron chi connectivity index (χ2n) is 18.3. The summed E-state index contributed by atoms with van der Waals surface area (Å²) >= 11 is 0. The highest BCUT2D eigenvalue weighted by Gasteiger charge is 2.32. The van der Waals surface area contributed by atoms with Crippen LogP contribution in [0.15, 0.2) is 0 Å². The van der Waals surface area contributed by atoms with E-state index in [1.807, 2.05) is 41.5 Å². The molecule has 1 fully saturated rings. The lowest BCUT2D eigenvalue weighted by Crippen LogP contribution is -2.32. The van der Waals surface area contributed by atoms with Crippen molar-refractivity contribution in [3.8, 4) is 0 Å². The zero-order valence-corrected chi connectivity index (χ0v) is 48.9. The number of nitrogens with one attached hydrogen (secondary N) is 2. The number of ether oxygens (including phenoxy) is 14. The second-order valence-corrected chi connectivity index (χ2v) is 18.3. The minimum atomic E-state index is -0.884. The number of hydrogen-bond donors (Lipinski definition) is 3. The molecule has 1 saturated heterocycles. The number of carboxylic acid groups (broad SMARTS) is 1. The fraction of sp³-hybridized carbons (Fsp3) is 0.846. The van der Waals surface area contributed by atoms with Crippen LogP contribution in [-0.2, 0) is 110 Å². The summed E-state index contributed by atoms with van der Waals surface area (Å²) in [4.78, 5) is 93.8. The lowest BCUT2D eigenvalue weighted by molar-refractivity contribution is -0.198. The Hall–Kier alpha value is -4.52. The first-order chi connectivity index (χ1) is 37.6. The number of carbonyl (C=O) groups is 8. The van der Waals surface area contributed by atoms with Gasteiger partial charge in [0.1, 0.15) is 11.2 Å². The Morgan fingerprint density at radius 1 is 0.418 bits per heavy atom. The number of esters is 2. The molecule has 3 N–H and O–H groups in total. The Balaban J connectivity index is -0.000000989. The highest BCUT2D eigenvalue weighted by atomic mass is 16.7. The van der Waals surface area contributed by atoms with Crippen molar-refractivity contribution in [1.82, 2.24) is 15.7 Å². The number of methoxy groups -OCH3 is 3. The Morgan fingerprint density at radius 2 is 0.709 bits per heavy atom. The molecule has 0 atom stereocenters. The minimum Gasteiger partial charge on any atom is -0.481 e. The lowest BCUT2D eigenvalue weighted by atomic mass is 10.2. The minimum absolute atomic E-state index is 0.0114. The first kappa shape index (κ1) is 78.7. The molecule has 0 radical (unpaired) electrons. The number of imide groups is 1. The van der Waals surface area contributed by atoms with Crippen LogP contribution in [0.1, 0.15) is 106 Å². The Bertz CT molecular complexity index is 1540. The molecule has 0 aromatic heterocycles. The average molecular weight is 1150 g/mol. The SMILES string of the molecule is CCCOCCOCCC(=O)OC(C)(C)C.COCCOCCC(=O)NCCOCCOCCC(=O)O.COCCOCCC(=O)NCCOCCOCCC(=O)OC(C)(C)C.COCCOCCC(=O)ON1C(=O)CCC1=O. The summed E-state index contributed by atoms with van der Waals surface area (Å²) in [7, 11) is 4.73. The summed E-state index contributed by atoms with van der Waals surface area (Å²) in [5.74, 6) is -3.17. The highest BCUT2D eigenvalue weighted by Crippen LogP contribution is 2.13. The average Bonchev–Trinajstić information content (AvgIpc) is 3.69. The van der Waals surface area contributed by atoms with E-state index < -0.39 is 35.0 Å². The molecule has 1 rings (SSSR count). The van der Waals surface area contributed by atoms with Crippen LogP contribution in [0.25, 0.3) is 0 Å². The van der Waals surface area contributed by atoms with Crippen LogP contribution in [0.2, 0.25) is 0 Å². The van der Waals surface area contributed by atoms with Crippen LogP contribution in [0.4, 0.5) is 0 Å². The summed E-state index contributed by atoms with van der Waals surface area (Å²) < 4.78 is 71.4. The van der Waals surface area contributed by atoms with Gasteiger partial charge in [-0.1, -0.05) is 6.92 Å². The van der Waals surface area contributed by atoms with Crippen LogP contribution in [0.3, 0.4) is 0 Å². The zero-order valence-electron chi connectivity index (χ0n) is 48.9. The number of amides is 4. The summed E-state index contributed by atoms with van der Waals surface area (Å²) in [5.41, 5.74) is -0.887. The van der Waals surface area contributed by atoms with E-state index in [0.717, 1.165) is 13.0 Å². The van der Waals surface area contributed by atoms with E-state index in [1.165, 1.54) is 0 Å². The molecule has 79 heavy (non-hydrogen) atoms. The first-order valence-electron chi connectivity index (χ1n) is 26.5. The molecule has 0 unspecified atom stereocenters. The van der Waals surface area contributed by atoms with Crippen LogP contribution in [-0.4, -0.2) is 242 Å². The Morgan fingerprint density at radius 3 is 1.03 bits per heavy atom. The third kappa shape index (κ3) is 64.2. The highest BCUT2D eigenvalue weighted by molar-refractivity contribution is 6.01. The van der Waals surface area contributed by atoms with Gasteiger partial charge in [0.25, 0.3) is 11.8 Å². The third-order valence-corrected chi connectivity index (χ3v) is 8.69. The maximum Gasteiger partial charge on any atom is 0.335 e. The van der Waals surface area contributed by atoms with Gasteiger partial charge in [0, 0.05) is 66.7 Å². The van der Waals surface area contributed by atoms with Crippen LogP contribution < -0.4 is 10.6 Å².